The molecule has 0 saturated carbocycles. The predicted molar refractivity (Wildman–Crippen MR) is 99.0 cm³/mol. The van der Waals surface area contributed by atoms with Crippen molar-refractivity contribution in [3.8, 4) is 5.75 Å². The number of benzene rings is 2. The number of hydrogen-bond acceptors (Lipinski definition) is 4. The van der Waals surface area contributed by atoms with Crippen molar-refractivity contribution in [1.29, 1.82) is 0 Å². The van der Waals surface area contributed by atoms with Crippen molar-refractivity contribution in [2.45, 2.75) is 26.9 Å². The van der Waals surface area contributed by atoms with E-state index in [0.29, 0.717) is 13.2 Å². The Labute approximate surface area is 153 Å². The molecule has 1 saturated heterocycles. The highest BCUT2D eigenvalue weighted by molar-refractivity contribution is 5.99. The van der Waals surface area contributed by atoms with E-state index in [-0.39, 0.29) is 24.9 Å². The van der Waals surface area contributed by atoms with Crippen LogP contribution in [0.5, 0.6) is 5.75 Å². The molecule has 0 N–H and O–H groups in total. The minimum atomic E-state index is -0.432. The van der Waals surface area contributed by atoms with Crippen LogP contribution in [0.4, 0.5) is 5.69 Å². The van der Waals surface area contributed by atoms with E-state index in [1.165, 1.54) is 0 Å². The van der Waals surface area contributed by atoms with Crippen molar-refractivity contribution in [2.24, 2.45) is 5.92 Å². The average Bonchev–Trinajstić information content (AvgIpc) is 3.03. The fraction of sp³-hybridized carbons (Fsp3) is 0.333. The average molecular weight is 353 g/mol. The number of carbonyl (C=O) groups excluding carboxylic acids is 2. The van der Waals surface area contributed by atoms with Gasteiger partial charge in [-0.25, -0.2) is 0 Å². The van der Waals surface area contributed by atoms with E-state index in [2.05, 4.69) is 0 Å². The number of ether oxygens (including phenoxy) is 2. The largest absolute Gasteiger partial charge is 0.494 e. The van der Waals surface area contributed by atoms with Gasteiger partial charge in [0, 0.05) is 18.7 Å². The van der Waals surface area contributed by atoms with Gasteiger partial charge in [0.25, 0.3) is 0 Å². The van der Waals surface area contributed by atoms with Crippen LogP contribution in [0, 0.1) is 12.8 Å². The minimum Gasteiger partial charge on any atom is -0.494 e. The molecule has 5 nitrogen and oxygen atoms in total. The lowest BCUT2D eigenvalue weighted by Crippen LogP contribution is -2.26. The highest BCUT2D eigenvalue weighted by Crippen LogP contribution is 2.27. The third-order valence-corrected chi connectivity index (χ3v) is 4.55. The number of carbonyl (C=O) groups is 2. The number of anilines is 1. The summed E-state index contributed by atoms with van der Waals surface area (Å²) in [7, 11) is 0. The van der Waals surface area contributed by atoms with Crippen LogP contribution < -0.4 is 9.64 Å². The topological polar surface area (TPSA) is 55.8 Å². The monoisotopic (exact) mass is 353 g/mol. The summed E-state index contributed by atoms with van der Waals surface area (Å²) in [6.07, 6.45) is 0.180. The Balaban J connectivity index is 1.60. The van der Waals surface area contributed by atoms with Crippen LogP contribution in [-0.4, -0.2) is 25.0 Å². The molecule has 26 heavy (non-hydrogen) atoms. The molecule has 1 unspecified atom stereocenters. The third-order valence-electron chi connectivity index (χ3n) is 4.55. The van der Waals surface area contributed by atoms with Gasteiger partial charge < -0.3 is 14.4 Å². The number of hydrogen-bond donors (Lipinski definition) is 0. The molecule has 1 fully saturated rings. The van der Waals surface area contributed by atoms with Crippen LogP contribution in [-0.2, 0) is 20.9 Å². The maximum Gasteiger partial charge on any atom is 0.311 e. The second kappa shape index (κ2) is 8.04. The molecule has 3 rings (SSSR count). The zero-order chi connectivity index (χ0) is 18.5. The van der Waals surface area contributed by atoms with Gasteiger partial charge in [-0.05, 0) is 49.2 Å². The van der Waals surface area contributed by atoms with Gasteiger partial charge in [0.2, 0.25) is 5.91 Å². The lowest BCUT2D eigenvalue weighted by Gasteiger charge is -2.17. The molecule has 2 aromatic rings. The molecular weight excluding hydrogens is 330 g/mol. The zero-order valence-corrected chi connectivity index (χ0v) is 15.1. The first-order valence-corrected chi connectivity index (χ1v) is 8.83. The molecule has 5 heteroatoms. The van der Waals surface area contributed by atoms with Crippen molar-refractivity contribution in [3.63, 3.8) is 0 Å². The van der Waals surface area contributed by atoms with Gasteiger partial charge in [-0.1, -0.05) is 24.3 Å². The number of rotatable bonds is 6. The summed E-state index contributed by atoms with van der Waals surface area (Å²) < 4.78 is 10.9. The van der Waals surface area contributed by atoms with E-state index < -0.39 is 5.92 Å². The van der Waals surface area contributed by atoms with Crippen LogP contribution in [0.25, 0.3) is 0 Å². The Morgan fingerprint density at radius 1 is 1.15 bits per heavy atom. The normalized spacial score (nSPS) is 16.6. The lowest BCUT2D eigenvalue weighted by atomic mass is 10.1. The van der Waals surface area contributed by atoms with Gasteiger partial charge in [-0.2, -0.15) is 0 Å². The standard InChI is InChI=1S/C21H23NO4/c1-3-25-19-10-8-18(9-11-19)22-13-17(12-20(22)23)21(24)26-14-16-7-5-4-6-15(16)2/h4-11,17H,3,12-14H2,1-2H3. The van der Waals surface area contributed by atoms with Crippen LogP contribution in [0.3, 0.4) is 0 Å². The van der Waals surface area contributed by atoms with E-state index in [1.807, 2.05) is 62.4 Å². The van der Waals surface area contributed by atoms with E-state index in [4.69, 9.17) is 9.47 Å². The van der Waals surface area contributed by atoms with Crippen molar-refractivity contribution in [1.82, 2.24) is 0 Å². The first-order valence-electron chi connectivity index (χ1n) is 8.83. The maximum atomic E-state index is 12.4. The zero-order valence-electron chi connectivity index (χ0n) is 15.1. The Kier molecular flexibility index (Phi) is 5.56. The van der Waals surface area contributed by atoms with Crippen LogP contribution in [0.2, 0.25) is 0 Å². The molecular formula is C21H23NO4. The molecule has 0 aromatic heterocycles. The SMILES string of the molecule is CCOc1ccc(N2CC(C(=O)OCc3ccccc3C)CC2=O)cc1. The minimum absolute atomic E-state index is 0.0630. The second-order valence-corrected chi connectivity index (χ2v) is 6.37. The van der Waals surface area contributed by atoms with Gasteiger partial charge >= 0.3 is 5.97 Å². The molecule has 0 radical (unpaired) electrons. The Hall–Kier alpha value is -2.82. The summed E-state index contributed by atoms with van der Waals surface area (Å²) >= 11 is 0. The van der Waals surface area contributed by atoms with E-state index in [9.17, 15) is 9.59 Å². The molecule has 1 aliphatic rings. The Morgan fingerprint density at radius 3 is 2.58 bits per heavy atom. The van der Waals surface area contributed by atoms with E-state index in [0.717, 1.165) is 22.6 Å². The molecule has 1 atom stereocenters. The van der Waals surface area contributed by atoms with Gasteiger partial charge in [-0.15, -0.1) is 0 Å². The highest BCUT2D eigenvalue weighted by Gasteiger charge is 2.36. The number of amides is 1. The van der Waals surface area contributed by atoms with Crippen LogP contribution in [0.1, 0.15) is 24.5 Å². The number of nitrogens with zero attached hydrogens (tertiary/aromatic N) is 1. The highest BCUT2D eigenvalue weighted by atomic mass is 16.5. The molecule has 0 spiro atoms. The van der Waals surface area contributed by atoms with Crippen molar-refractivity contribution >= 4 is 17.6 Å². The van der Waals surface area contributed by atoms with Gasteiger partial charge in [0.15, 0.2) is 0 Å². The van der Waals surface area contributed by atoms with Crippen LogP contribution in [0.15, 0.2) is 48.5 Å². The fourth-order valence-electron chi connectivity index (χ4n) is 3.04. The first kappa shape index (κ1) is 18.0. The summed E-state index contributed by atoms with van der Waals surface area (Å²) in [6, 6.07) is 15.1. The smallest absolute Gasteiger partial charge is 0.311 e. The van der Waals surface area contributed by atoms with E-state index in [1.54, 1.807) is 4.90 Å². The van der Waals surface area contributed by atoms with Gasteiger partial charge in [-0.3, -0.25) is 9.59 Å². The fourth-order valence-corrected chi connectivity index (χ4v) is 3.04. The van der Waals surface area contributed by atoms with Gasteiger partial charge in [0.05, 0.1) is 12.5 Å². The number of esters is 1. The predicted octanol–water partition coefficient (Wildman–Crippen LogP) is 3.49. The third kappa shape index (κ3) is 4.04. The quantitative estimate of drug-likeness (QED) is 0.746. The first-order chi connectivity index (χ1) is 12.6. The molecule has 1 aliphatic heterocycles. The van der Waals surface area contributed by atoms with Crippen molar-refractivity contribution in [3.05, 3.63) is 59.7 Å². The van der Waals surface area contributed by atoms with Crippen LogP contribution >= 0.6 is 0 Å². The second-order valence-electron chi connectivity index (χ2n) is 6.37. The summed E-state index contributed by atoms with van der Waals surface area (Å²) in [5, 5.41) is 0. The summed E-state index contributed by atoms with van der Waals surface area (Å²) in [5.41, 5.74) is 2.83. The molecule has 2 aromatic carbocycles. The molecule has 1 heterocycles. The summed E-state index contributed by atoms with van der Waals surface area (Å²) in [6.45, 7) is 5.08. The molecule has 1 amide bonds. The van der Waals surface area contributed by atoms with Gasteiger partial charge in [0.1, 0.15) is 12.4 Å². The molecule has 136 valence electrons. The Morgan fingerprint density at radius 2 is 1.88 bits per heavy atom. The molecule has 0 bridgehead atoms. The lowest BCUT2D eigenvalue weighted by molar-refractivity contribution is -0.149. The van der Waals surface area contributed by atoms with E-state index >= 15 is 0 Å². The summed E-state index contributed by atoms with van der Waals surface area (Å²) in [5.74, 6) is -0.0581. The van der Waals surface area contributed by atoms with Crippen molar-refractivity contribution in [2.75, 3.05) is 18.1 Å². The van der Waals surface area contributed by atoms with Crippen molar-refractivity contribution < 1.29 is 19.1 Å². The summed E-state index contributed by atoms with van der Waals surface area (Å²) in [4.78, 5) is 26.3. The molecule has 0 aliphatic carbocycles. The number of aryl methyl sites for hydroxylation is 1. The Bertz CT molecular complexity index is 785. The maximum absolute atomic E-state index is 12.4.